The van der Waals surface area contributed by atoms with E-state index < -0.39 is 0 Å². The van der Waals surface area contributed by atoms with Crippen LogP contribution in [0.1, 0.15) is 31.7 Å². The van der Waals surface area contributed by atoms with Crippen LogP contribution in [-0.4, -0.2) is 23.8 Å². The highest BCUT2D eigenvalue weighted by molar-refractivity contribution is 5.76. The number of carbonyl (C=O) groups excluding carboxylic acids is 1. The SMILES string of the molecule is CCC(CO)NC(=O)NC1(c2cccc(N)c2)CC1. The van der Waals surface area contributed by atoms with Gasteiger partial charge in [-0.15, -0.1) is 0 Å². The van der Waals surface area contributed by atoms with Crippen LogP contribution in [0.3, 0.4) is 0 Å². The smallest absolute Gasteiger partial charge is 0.315 e. The molecule has 0 bridgehead atoms. The highest BCUT2D eigenvalue weighted by Gasteiger charge is 2.45. The van der Waals surface area contributed by atoms with E-state index in [9.17, 15) is 4.79 Å². The van der Waals surface area contributed by atoms with E-state index in [1.54, 1.807) is 0 Å². The maximum absolute atomic E-state index is 11.9. The number of aliphatic hydroxyl groups excluding tert-OH is 1. The summed E-state index contributed by atoms with van der Waals surface area (Å²) in [5, 5.41) is 14.8. The highest BCUT2D eigenvalue weighted by atomic mass is 16.3. The standard InChI is InChI=1S/C14H21N3O2/c1-2-12(9-18)16-13(19)17-14(6-7-14)10-4-3-5-11(15)8-10/h3-5,8,12,18H,2,6-7,9,15H2,1H3,(H2,16,17,19). The molecule has 1 saturated carbocycles. The van der Waals surface area contributed by atoms with Crippen molar-refractivity contribution in [1.29, 1.82) is 0 Å². The van der Waals surface area contributed by atoms with Crippen LogP contribution in [0.5, 0.6) is 0 Å². The van der Waals surface area contributed by atoms with Crippen molar-refractivity contribution in [2.45, 2.75) is 37.8 Å². The number of amides is 2. The first-order valence-electron chi connectivity index (χ1n) is 6.65. The minimum absolute atomic E-state index is 0.0464. The summed E-state index contributed by atoms with van der Waals surface area (Å²) < 4.78 is 0. The molecule has 2 amide bonds. The van der Waals surface area contributed by atoms with Gasteiger partial charge >= 0.3 is 6.03 Å². The van der Waals surface area contributed by atoms with Gasteiger partial charge in [0.05, 0.1) is 18.2 Å². The Labute approximate surface area is 113 Å². The average Bonchev–Trinajstić information content (AvgIpc) is 3.17. The van der Waals surface area contributed by atoms with Crippen molar-refractivity contribution in [2.24, 2.45) is 0 Å². The zero-order chi connectivity index (χ0) is 13.9. The van der Waals surface area contributed by atoms with Crippen LogP contribution >= 0.6 is 0 Å². The molecular weight excluding hydrogens is 242 g/mol. The molecule has 0 saturated heterocycles. The molecule has 5 nitrogen and oxygen atoms in total. The molecule has 5 N–H and O–H groups in total. The lowest BCUT2D eigenvalue weighted by Gasteiger charge is -2.21. The summed E-state index contributed by atoms with van der Waals surface area (Å²) in [6.07, 6.45) is 2.54. The third-order valence-corrected chi connectivity index (χ3v) is 3.59. The molecule has 19 heavy (non-hydrogen) atoms. The highest BCUT2D eigenvalue weighted by Crippen LogP contribution is 2.45. The van der Waals surface area contributed by atoms with E-state index in [-0.39, 0.29) is 24.2 Å². The maximum Gasteiger partial charge on any atom is 0.315 e. The fourth-order valence-electron chi connectivity index (χ4n) is 2.16. The summed E-state index contributed by atoms with van der Waals surface area (Å²) in [5.41, 5.74) is 7.23. The molecule has 1 atom stereocenters. The summed E-state index contributed by atoms with van der Waals surface area (Å²) >= 11 is 0. The van der Waals surface area contributed by atoms with Crippen LogP contribution in [0.2, 0.25) is 0 Å². The summed E-state index contributed by atoms with van der Waals surface area (Å²) in [7, 11) is 0. The van der Waals surface area contributed by atoms with Gasteiger partial charge in [-0.3, -0.25) is 0 Å². The summed E-state index contributed by atoms with van der Waals surface area (Å²) in [6.45, 7) is 1.88. The Bertz CT molecular complexity index is 454. The molecule has 0 aromatic heterocycles. The molecule has 0 aliphatic heterocycles. The molecule has 1 aromatic carbocycles. The van der Waals surface area contributed by atoms with Crippen LogP contribution in [0.4, 0.5) is 10.5 Å². The minimum atomic E-state index is -0.285. The quantitative estimate of drug-likeness (QED) is 0.604. The third-order valence-electron chi connectivity index (χ3n) is 3.59. The lowest BCUT2D eigenvalue weighted by atomic mass is 10.0. The number of nitrogens with one attached hydrogen (secondary N) is 2. The zero-order valence-electron chi connectivity index (χ0n) is 11.1. The first-order chi connectivity index (χ1) is 9.09. The molecule has 2 rings (SSSR count). The Morgan fingerprint density at radius 1 is 1.53 bits per heavy atom. The molecule has 1 aliphatic carbocycles. The van der Waals surface area contributed by atoms with E-state index in [0.29, 0.717) is 12.1 Å². The van der Waals surface area contributed by atoms with E-state index in [4.69, 9.17) is 10.8 Å². The molecule has 5 heteroatoms. The van der Waals surface area contributed by atoms with Crippen LogP contribution in [0, 0.1) is 0 Å². The van der Waals surface area contributed by atoms with Crippen LogP contribution in [-0.2, 0) is 5.54 Å². The van der Waals surface area contributed by atoms with E-state index in [2.05, 4.69) is 10.6 Å². The number of hydrogen-bond acceptors (Lipinski definition) is 3. The number of benzene rings is 1. The number of rotatable bonds is 5. The van der Waals surface area contributed by atoms with Gasteiger partial charge in [0.25, 0.3) is 0 Å². The van der Waals surface area contributed by atoms with Crippen molar-refractivity contribution in [3.63, 3.8) is 0 Å². The number of anilines is 1. The van der Waals surface area contributed by atoms with Gasteiger partial charge in [0.1, 0.15) is 0 Å². The zero-order valence-corrected chi connectivity index (χ0v) is 11.1. The minimum Gasteiger partial charge on any atom is -0.399 e. The van der Waals surface area contributed by atoms with Crippen molar-refractivity contribution in [3.05, 3.63) is 29.8 Å². The molecule has 1 aromatic rings. The van der Waals surface area contributed by atoms with Gasteiger partial charge < -0.3 is 21.5 Å². The maximum atomic E-state index is 11.9. The van der Waals surface area contributed by atoms with E-state index in [1.165, 1.54) is 0 Å². The second-order valence-corrected chi connectivity index (χ2v) is 5.09. The Hall–Kier alpha value is -1.75. The molecule has 1 aliphatic rings. The second-order valence-electron chi connectivity index (χ2n) is 5.09. The Kier molecular flexibility index (Phi) is 3.95. The van der Waals surface area contributed by atoms with Gasteiger partial charge in [0.15, 0.2) is 0 Å². The third kappa shape index (κ3) is 3.17. The molecule has 0 radical (unpaired) electrons. The largest absolute Gasteiger partial charge is 0.399 e. The lowest BCUT2D eigenvalue weighted by Crippen LogP contribution is -2.47. The summed E-state index contributed by atoms with van der Waals surface area (Å²) in [4.78, 5) is 11.9. The van der Waals surface area contributed by atoms with E-state index >= 15 is 0 Å². The normalized spacial score (nSPS) is 17.6. The van der Waals surface area contributed by atoms with Crippen molar-refractivity contribution < 1.29 is 9.90 Å². The van der Waals surface area contributed by atoms with Crippen LogP contribution in [0.15, 0.2) is 24.3 Å². The number of nitrogens with two attached hydrogens (primary N) is 1. The van der Waals surface area contributed by atoms with Gasteiger partial charge in [0.2, 0.25) is 0 Å². The van der Waals surface area contributed by atoms with Gasteiger partial charge in [-0.25, -0.2) is 4.79 Å². The fourth-order valence-corrected chi connectivity index (χ4v) is 2.16. The van der Waals surface area contributed by atoms with Crippen LogP contribution in [0.25, 0.3) is 0 Å². The topological polar surface area (TPSA) is 87.4 Å². The predicted molar refractivity (Wildman–Crippen MR) is 74.6 cm³/mol. The van der Waals surface area contributed by atoms with Crippen molar-refractivity contribution in [1.82, 2.24) is 10.6 Å². The monoisotopic (exact) mass is 263 g/mol. The lowest BCUT2D eigenvalue weighted by molar-refractivity contribution is 0.211. The number of hydrogen-bond donors (Lipinski definition) is 4. The Balaban J connectivity index is 2.00. The molecule has 1 fully saturated rings. The molecular formula is C14H21N3O2. The number of urea groups is 1. The molecule has 104 valence electrons. The average molecular weight is 263 g/mol. The Morgan fingerprint density at radius 2 is 2.26 bits per heavy atom. The second kappa shape index (κ2) is 5.48. The number of nitrogen functional groups attached to an aromatic ring is 1. The number of carbonyl (C=O) groups is 1. The predicted octanol–water partition coefficient (Wildman–Crippen LogP) is 1.33. The van der Waals surface area contributed by atoms with E-state index in [1.807, 2.05) is 31.2 Å². The summed E-state index contributed by atoms with van der Waals surface area (Å²) in [6, 6.07) is 7.17. The van der Waals surface area contributed by atoms with E-state index in [0.717, 1.165) is 18.4 Å². The molecule has 1 unspecified atom stereocenters. The van der Waals surface area contributed by atoms with Crippen molar-refractivity contribution in [2.75, 3.05) is 12.3 Å². The van der Waals surface area contributed by atoms with Gasteiger partial charge in [0, 0.05) is 5.69 Å². The van der Waals surface area contributed by atoms with Gasteiger partial charge in [-0.05, 0) is 37.0 Å². The molecule has 0 heterocycles. The van der Waals surface area contributed by atoms with Crippen molar-refractivity contribution >= 4 is 11.7 Å². The fraction of sp³-hybridized carbons (Fsp3) is 0.500. The molecule has 0 spiro atoms. The number of aliphatic hydroxyl groups is 1. The first-order valence-corrected chi connectivity index (χ1v) is 6.65. The summed E-state index contributed by atoms with van der Waals surface area (Å²) in [5.74, 6) is 0. The first kappa shape index (κ1) is 13.7. The van der Waals surface area contributed by atoms with Gasteiger partial charge in [-0.2, -0.15) is 0 Å². The van der Waals surface area contributed by atoms with Gasteiger partial charge in [-0.1, -0.05) is 19.1 Å². The Morgan fingerprint density at radius 3 is 2.79 bits per heavy atom. The van der Waals surface area contributed by atoms with Crippen LogP contribution < -0.4 is 16.4 Å². The van der Waals surface area contributed by atoms with Crippen molar-refractivity contribution in [3.8, 4) is 0 Å².